The minimum atomic E-state index is -0.761. The summed E-state index contributed by atoms with van der Waals surface area (Å²) < 4.78 is 0. The van der Waals surface area contributed by atoms with Gasteiger partial charge in [0.15, 0.2) is 0 Å². The van der Waals surface area contributed by atoms with E-state index in [1.165, 1.54) is 31.2 Å². The average molecular weight is 204 g/mol. The van der Waals surface area contributed by atoms with Gasteiger partial charge in [-0.2, -0.15) is 0 Å². The van der Waals surface area contributed by atoms with E-state index in [9.17, 15) is 4.79 Å². The second-order valence-corrected chi connectivity index (χ2v) is 4.29. The largest absolute Gasteiger partial charge is 0.481 e. The number of carboxylic acids is 1. The fourth-order valence-electron chi connectivity index (χ4n) is 2.34. The first-order valence-corrected chi connectivity index (χ1v) is 5.56. The van der Waals surface area contributed by atoms with Crippen LogP contribution in [0.2, 0.25) is 0 Å². The van der Waals surface area contributed by atoms with Gasteiger partial charge in [-0.15, -0.1) is 0 Å². The van der Waals surface area contributed by atoms with Crippen LogP contribution in [0.3, 0.4) is 0 Å². The zero-order valence-corrected chi connectivity index (χ0v) is 8.78. The van der Waals surface area contributed by atoms with Crippen molar-refractivity contribution < 1.29 is 9.90 Å². The Balaban J connectivity index is 2.06. The highest BCUT2D eigenvalue weighted by molar-refractivity contribution is 5.70. The Morgan fingerprint density at radius 1 is 1.20 bits per heavy atom. The number of carbonyl (C=O) groups is 1. The van der Waals surface area contributed by atoms with Gasteiger partial charge in [0.25, 0.3) is 0 Å². The Morgan fingerprint density at radius 2 is 1.80 bits per heavy atom. The maximum absolute atomic E-state index is 10.5. The molecule has 0 aromatic heterocycles. The van der Waals surface area contributed by atoms with Crippen molar-refractivity contribution in [1.29, 1.82) is 0 Å². The van der Waals surface area contributed by atoms with Crippen molar-refractivity contribution in [3.63, 3.8) is 0 Å². The predicted octanol–water partition coefficient (Wildman–Crippen LogP) is 2.97. The predicted molar refractivity (Wildman–Crippen MR) is 59.0 cm³/mol. The van der Waals surface area contributed by atoms with Gasteiger partial charge in [0.2, 0.25) is 0 Å². The van der Waals surface area contributed by atoms with E-state index in [2.05, 4.69) is 12.1 Å². The molecule has 15 heavy (non-hydrogen) atoms. The Morgan fingerprint density at radius 3 is 2.33 bits per heavy atom. The second kappa shape index (κ2) is 4.47. The molecule has 2 heteroatoms. The van der Waals surface area contributed by atoms with Gasteiger partial charge in [-0.1, -0.05) is 37.1 Å². The van der Waals surface area contributed by atoms with Crippen LogP contribution in [0, 0.1) is 0 Å². The average Bonchev–Trinajstić information content (AvgIpc) is 2.71. The summed E-state index contributed by atoms with van der Waals surface area (Å²) in [7, 11) is 0. The van der Waals surface area contributed by atoms with Crippen molar-refractivity contribution in [3.05, 3.63) is 35.4 Å². The van der Waals surface area contributed by atoms with Crippen molar-refractivity contribution in [2.45, 2.75) is 38.0 Å². The Bertz CT molecular complexity index is 334. The highest BCUT2D eigenvalue weighted by Gasteiger charge is 2.16. The minimum absolute atomic E-state index is 0.130. The van der Waals surface area contributed by atoms with Crippen molar-refractivity contribution in [2.24, 2.45) is 0 Å². The number of hydrogen-bond donors (Lipinski definition) is 1. The fourth-order valence-corrected chi connectivity index (χ4v) is 2.34. The van der Waals surface area contributed by atoms with E-state index in [-0.39, 0.29) is 6.42 Å². The summed E-state index contributed by atoms with van der Waals surface area (Å²) >= 11 is 0. The lowest BCUT2D eigenvalue weighted by Gasteiger charge is -2.09. The van der Waals surface area contributed by atoms with Crippen LogP contribution in [0.15, 0.2) is 24.3 Å². The molecule has 0 bridgehead atoms. The Labute approximate surface area is 89.9 Å². The van der Waals surface area contributed by atoms with Gasteiger partial charge in [-0.05, 0) is 29.9 Å². The molecule has 0 spiro atoms. The molecule has 1 aliphatic carbocycles. The molecule has 0 atom stereocenters. The molecule has 1 aliphatic rings. The summed E-state index contributed by atoms with van der Waals surface area (Å²) in [6, 6.07) is 8.08. The summed E-state index contributed by atoms with van der Waals surface area (Å²) in [4.78, 5) is 10.5. The van der Waals surface area contributed by atoms with Crippen LogP contribution in [0.25, 0.3) is 0 Å². The molecule has 2 nitrogen and oxygen atoms in total. The molecule has 1 aromatic carbocycles. The molecule has 0 aliphatic heterocycles. The standard InChI is InChI=1S/C13H16O2/c14-13(15)9-10-5-7-12(8-6-10)11-3-1-2-4-11/h5-8,11H,1-4,9H2,(H,14,15). The smallest absolute Gasteiger partial charge is 0.307 e. The van der Waals surface area contributed by atoms with Crippen LogP contribution in [0.4, 0.5) is 0 Å². The van der Waals surface area contributed by atoms with Crippen LogP contribution in [-0.2, 0) is 11.2 Å². The topological polar surface area (TPSA) is 37.3 Å². The van der Waals surface area contributed by atoms with Crippen molar-refractivity contribution in [3.8, 4) is 0 Å². The van der Waals surface area contributed by atoms with Crippen LogP contribution in [0.1, 0.15) is 42.7 Å². The molecule has 0 unspecified atom stereocenters. The third kappa shape index (κ3) is 2.58. The molecular weight excluding hydrogens is 188 g/mol. The molecule has 0 saturated heterocycles. The Hall–Kier alpha value is -1.31. The first-order chi connectivity index (χ1) is 7.25. The van der Waals surface area contributed by atoms with E-state index in [4.69, 9.17) is 5.11 Å². The quantitative estimate of drug-likeness (QED) is 0.821. The molecule has 80 valence electrons. The third-order valence-corrected chi connectivity index (χ3v) is 3.16. The van der Waals surface area contributed by atoms with E-state index in [1.807, 2.05) is 12.1 Å². The fraction of sp³-hybridized carbons (Fsp3) is 0.462. The van der Waals surface area contributed by atoms with Crippen molar-refractivity contribution >= 4 is 5.97 Å². The van der Waals surface area contributed by atoms with Gasteiger partial charge >= 0.3 is 5.97 Å². The number of benzene rings is 1. The van der Waals surface area contributed by atoms with Gasteiger partial charge < -0.3 is 5.11 Å². The lowest BCUT2D eigenvalue weighted by Crippen LogP contribution is -2.00. The number of aliphatic carboxylic acids is 1. The maximum atomic E-state index is 10.5. The molecule has 0 amide bonds. The summed E-state index contributed by atoms with van der Waals surface area (Å²) in [5.41, 5.74) is 2.27. The molecule has 1 N–H and O–H groups in total. The number of carboxylic acid groups (broad SMARTS) is 1. The molecule has 1 fully saturated rings. The SMILES string of the molecule is O=C(O)Cc1ccc(C2CCCC2)cc1. The second-order valence-electron chi connectivity index (χ2n) is 4.29. The van der Waals surface area contributed by atoms with E-state index >= 15 is 0 Å². The van der Waals surface area contributed by atoms with Crippen molar-refractivity contribution in [2.75, 3.05) is 0 Å². The van der Waals surface area contributed by atoms with E-state index in [0.29, 0.717) is 5.92 Å². The van der Waals surface area contributed by atoms with Crippen LogP contribution < -0.4 is 0 Å². The highest BCUT2D eigenvalue weighted by atomic mass is 16.4. The molecular formula is C13H16O2. The lowest BCUT2D eigenvalue weighted by molar-refractivity contribution is -0.136. The number of hydrogen-bond acceptors (Lipinski definition) is 1. The van der Waals surface area contributed by atoms with Crippen LogP contribution in [-0.4, -0.2) is 11.1 Å². The molecule has 2 rings (SSSR count). The van der Waals surface area contributed by atoms with E-state index in [0.717, 1.165) is 5.56 Å². The van der Waals surface area contributed by atoms with Gasteiger partial charge in [0, 0.05) is 0 Å². The Kier molecular flexibility index (Phi) is 3.05. The molecule has 1 saturated carbocycles. The first-order valence-electron chi connectivity index (χ1n) is 5.56. The van der Waals surface area contributed by atoms with Crippen LogP contribution in [0.5, 0.6) is 0 Å². The minimum Gasteiger partial charge on any atom is -0.481 e. The summed E-state index contributed by atoms with van der Waals surface area (Å²) in [5.74, 6) is -0.0486. The normalized spacial score (nSPS) is 16.8. The molecule has 0 heterocycles. The van der Waals surface area contributed by atoms with Crippen LogP contribution >= 0.6 is 0 Å². The van der Waals surface area contributed by atoms with E-state index in [1.54, 1.807) is 0 Å². The number of rotatable bonds is 3. The van der Waals surface area contributed by atoms with Gasteiger partial charge in [-0.3, -0.25) is 4.79 Å². The van der Waals surface area contributed by atoms with Gasteiger partial charge in [0.1, 0.15) is 0 Å². The van der Waals surface area contributed by atoms with Gasteiger partial charge in [-0.25, -0.2) is 0 Å². The summed E-state index contributed by atoms with van der Waals surface area (Å²) in [6.07, 6.45) is 5.38. The third-order valence-electron chi connectivity index (χ3n) is 3.16. The zero-order chi connectivity index (χ0) is 10.7. The maximum Gasteiger partial charge on any atom is 0.307 e. The lowest BCUT2D eigenvalue weighted by atomic mass is 9.96. The van der Waals surface area contributed by atoms with Gasteiger partial charge in [0.05, 0.1) is 6.42 Å². The highest BCUT2D eigenvalue weighted by Crippen LogP contribution is 2.33. The monoisotopic (exact) mass is 204 g/mol. The van der Waals surface area contributed by atoms with E-state index < -0.39 is 5.97 Å². The van der Waals surface area contributed by atoms with Crippen molar-refractivity contribution in [1.82, 2.24) is 0 Å². The first kappa shape index (κ1) is 10.2. The molecule has 1 aromatic rings. The summed E-state index contributed by atoms with van der Waals surface area (Å²) in [6.45, 7) is 0. The summed E-state index contributed by atoms with van der Waals surface area (Å²) in [5, 5.41) is 8.65. The molecule has 0 radical (unpaired) electrons. The zero-order valence-electron chi connectivity index (χ0n) is 8.78.